The molecule has 0 aliphatic heterocycles. The van der Waals surface area contributed by atoms with Crippen LogP contribution in [0.5, 0.6) is 0 Å². The number of carbonyl (C=O) groups excluding carboxylic acids is 1. The number of carboxylic acids is 1. The molecule has 3 nitrogen and oxygen atoms in total. The number of aliphatic carboxylic acids is 1. The molecule has 0 amide bonds. The summed E-state index contributed by atoms with van der Waals surface area (Å²) < 4.78 is 13.3. The number of halogens is 2. The van der Waals surface area contributed by atoms with Crippen LogP contribution in [0.1, 0.15) is 22.8 Å². The highest BCUT2D eigenvalue weighted by molar-refractivity contribution is 9.10. The number of ketones is 1. The monoisotopic (exact) mass is 274 g/mol. The van der Waals surface area contributed by atoms with Crippen molar-refractivity contribution in [3.05, 3.63) is 33.5 Å². The predicted molar refractivity (Wildman–Crippen MR) is 55.4 cm³/mol. The van der Waals surface area contributed by atoms with Crippen molar-refractivity contribution in [1.82, 2.24) is 0 Å². The fourth-order valence-electron chi connectivity index (χ4n) is 1.32. The Bertz CT molecular complexity index is 429. The first kappa shape index (κ1) is 11.8. The van der Waals surface area contributed by atoms with Crippen molar-refractivity contribution in [1.29, 1.82) is 0 Å². The van der Waals surface area contributed by atoms with E-state index in [1.807, 2.05) is 0 Å². The van der Waals surface area contributed by atoms with E-state index in [9.17, 15) is 14.0 Å². The Hall–Kier alpha value is -1.23. The van der Waals surface area contributed by atoms with Crippen molar-refractivity contribution in [2.24, 2.45) is 0 Å². The standard InChI is InChI=1S/C10H8BrFO3/c1-5(13)10-6(3-9(14)15)2-7(12)4-8(10)11/h2,4H,3H2,1H3,(H,14,15). The maximum atomic E-state index is 13.0. The molecule has 0 saturated carbocycles. The lowest BCUT2D eigenvalue weighted by atomic mass is 10.0. The number of carbonyl (C=O) groups is 2. The summed E-state index contributed by atoms with van der Waals surface area (Å²) >= 11 is 3.03. The van der Waals surface area contributed by atoms with Gasteiger partial charge in [0.15, 0.2) is 5.78 Å². The third kappa shape index (κ3) is 2.86. The van der Waals surface area contributed by atoms with E-state index in [-0.39, 0.29) is 27.8 Å². The molecule has 0 aliphatic carbocycles. The van der Waals surface area contributed by atoms with Gasteiger partial charge in [0.05, 0.1) is 6.42 Å². The summed E-state index contributed by atoms with van der Waals surface area (Å²) in [5.74, 6) is -1.96. The molecule has 15 heavy (non-hydrogen) atoms. The molecule has 0 aromatic heterocycles. The smallest absolute Gasteiger partial charge is 0.307 e. The average Bonchev–Trinajstić information content (AvgIpc) is 1.99. The van der Waals surface area contributed by atoms with E-state index in [2.05, 4.69) is 15.9 Å². The van der Waals surface area contributed by atoms with Gasteiger partial charge >= 0.3 is 5.97 Å². The van der Waals surface area contributed by atoms with Crippen molar-refractivity contribution in [3.63, 3.8) is 0 Å². The maximum Gasteiger partial charge on any atom is 0.307 e. The predicted octanol–water partition coefficient (Wildman–Crippen LogP) is 2.42. The van der Waals surface area contributed by atoms with E-state index >= 15 is 0 Å². The number of Topliss-reactive ketones (excluding diaryl/α,β-unsaturated/α-hetero) is 1. The molecule has 1 aromatic rings. The van der Waals surface area contributed by atoms with E-state index < -0.39 is 11.8 Å². The molecule has 0 aliphatic rings. The van der Waals surface area contributed by atoms with Gasteiger partial charge in [-0.1, -0.05) is 0 Å². The highest BCUT2D eigenvalue weighted by atomic mass is 79.9. The SMILES string of the molecule is CC(=O)c1c(Br)cc(F)cc1CC(=O)O. The van der Waals surface area contributed by atoms with E-state index in [1.165, 1.54) is 6.92 Å². The second-order valence-electron chi connectivity index (χ2n) is 3.05. The van der Waals surface area contributed by atoms with Gasteiger partial charge in [-0.15, -0.1) is 0 Å². The molecule has 0 heterocycles. The van der Waals surface area contributed by atoms with Gasteiger partial charge < -0.3 is 5.11 Å². The van der Waals surface area contributed by atoms with Gasteiger partial charge in [0.1, 0.15) is 5.82 Å². The van der Waals surface area contributed by atoms with Gasteiger partial charge in [-0.3, -0.25) is 9.59 Å². The number of hydrogen-bond acceptors (Lipinski definition) is 2. The second kappa shape index (κ2) is 4.53. The average molecular weight is 275 g/mol. The molecule has 0 unspecified atom stereocenters. The van der Waals surface area contributed by atoms with Crippen LogP contribution in [0.15, 0.2) is 16.6 Å². The summed E-state index contributed by atoms with van der Waals surface area (Å²) in [4.78, 5) is 21.8. The third-order valence-corrected chi connectivity index (χ3v) is 2.46. The molecule has 0 atom stereocenters. The molecule has 0 spiro atoms. The van der Waals surface area contributed by atoms with Crippen LogP contribution in [0, 0.1) is 5.82 Å². The lowest BCUT2D eigenvalue weighted by Crippen LogP contribution is -2.08. The largest absolute Gasteiger partial charge is 0.481 e. The Morgan fingerprint density at radius 1 is 1.47 bits per heavy atom. The van der Waals surface area contributed by atoms with Gasteiger partial charge in [-0.05, 0) is 40.5 Å². The first-order chi connectivity index (χ1) is 6.91. The van der Waals surface area contributed by atoms with Gasteiger partial charge in [-0.2, -0.15) is 0 Å². The second-order valence-corrected chi connectivity index (χ2v) is 3.90. The maximum absolute atomic E-state index is 13.0. The minimum Gasteiger partial charge on any atom is -0.481 e. The van der Waals surface area contributed by atoms with Crippen LogP contribution in [0.4, 0.5) is 4.39 Å². The third-order valence-electron chi connectivity index (χ3n) is 1.83. The van der Waals surface area contributed by atoms with Crippen molar-refractivity contribution >= 4 is 27.7 Å². The topological polar surface area (TPSA) is 54.4 Å². The zero-order chi connectivity index (χ0) is 11.6. The van der Waals surface area contributed by atoms with Crippen molar-refractivity contribution < 1.29 is 19.1 Å². The normalized spacial score (nSPS) is 10.1. The minimum atomic E-state index is -1.10. The van der Waals surface area contributed by atoms with Crippen LogP contribution in [0.3, 0.4) is 0 Å². The summed E-state index contributed by atoms with van der Waals surface area (Å²) in [6.07, 6.45) is -0.370. The molecule has 5 heteroatoms. The first-order valence-corrected chi connectivity index (χ1v) is 4.91. The van der Waals surface area contributed by atoms with Gasteiger partial charge in [0.25, 0.3) is 0 Å². The zero-order valence-corrected chi connectivity index (χ0v) is 9.47. The number of rotatable bonds is 3. The van der Waals surface area contributed by atoms with Gasteiger partial charge in [0.2, 0.25) is 0 Å². The van der Waals surface area contributed by atoms with Crippen LogP contribution >= 0.6 is 15.9 Å². The molecular weight excluding hydrogens is 267 g/mol. The molecule has 1 rings (SSSR count). The van der Waals surface area contributed by atoms with Gasteiger partial charge in [-0.25, -0.2) is 4.39 Å². The summed E-state index contributed by atoms with van der Waals surface area (Å²) in [7, 11) is 0. The molecule has 1 aromatic carbocycles. The molecule has 0 fully saturated rings. The first-order valence-electron chi connectivity index (χ1n) is 4.12. The molecule has 0 bridgehead atoms. The Kier molecular flexibility index (Phi) is 3.57. The van der Waals surface area contributed by atoms with Crippen LogP contribution in [-0.2, 0) is 11.2 Å². The van der Waals surface area contributed by atoms with Crippen LogP contribution < -0.4 is 0 Å². The van der Waals surface area contributed by atoms with E-state index in [0.29, 0.717) is 0 Å². The summed E-state index contributed by atoms with van der Waals surface area (Å²) in [6, 6.07) is 2.21. The fraction of sp³-hybridized carbons (Fsp3) is 0.200. The van der Waals surface area contributed by atoms with E-state index in [1.54, 1.807) is 0 Å². The lowest BCUT2D eigenvalue weighted by molar-refractivity contribution is -0.136. The van der Waals surface area contributed by atoms with E-state index in [4.69, 9.17) is 5.11 Å². The summed E-state index contributed by atoms with van der Waals surface area (Å²) in [5.41, 5.74) is 0.403. The Labute approximate surface area is 94.0 Å². The Morgan fingerprint density at radius 2 is 2.07 bits per heavy atom. The van der Waals surface area contributed by atoms with Crippen molar-refractivity contribution in [2.75, 3.05) is 0 Å². The number of carboxylic acid groups (broad SMARTS) is 1. The Morgan fingerprint density at radius 3 is 2.53 bits per heavy atom. The van der Waals surface area contributed by atoms with Crippen molar-refractivity contribution in [3.8, 4) is 0 Å². The molecule has 80 valence electrons. The molecule has 0 saturated heterocycles. The highest BCUT2D eigenvalue weighted by Gasteiger charge is 2.15. The zero-order valence-electron chi connectivity index (χ0n) is 7.88. The highest BCUT2D eigenvalue weighted by Crippen LogP contribution is 2.23. The summed E-state index contributed by atoms with van der Waals surface area (Å²) in [6.45, 7) is 1.31. The van der Waals surface area contributed by atoms with Gasteiger partial charge in [0, 0.05) is 10.0 Å². The van der Waals surface area contributed by atoms with Crippen molar-refractivity contribution in [2.45, 2.75) is 13.3 Å². The molecular formula is C10H8BrFO3. The minimum absolute atomic E-state index is 0.182. The Balaban J connectivity index is 3.33. The molecule has 0 radical (unpaired) electrons. The number of hydrogen-bond donors (Lipinski definition) is 1. The summed E-state index contributed by atoms with van der Waals surface area (Å²) in [5, 5.41) is 8.61. The fourth-order valence-corrected chi connectivity index (χ4v) is 2.08. The lowest BCUT2D eigenvalue weighted by Gasteiger charge is -2.07. The molecule has 1 N–H and O–H groups in total. The quantitative estimate of drug-likeness (QED) is 0.862. The van der Waals surface area contributed by atoms with Crippen LogP contribution in [0.25, 0.3) is 0 Å². The number of benzene rings is 1. The van der Waals surface area contributed by atoms with Crippen LogP contribution in [0.2, 0.25) is 0 Å². The van der Waals surface area contributed by atoms with E-state index in [0.717, 1.165) is 12.1 Å². The van der Waals surface area contributed by atoms with Crippen LogP contribution in [-0.4, -0.2) is 16.9 Å².